The van der Waals surface area contributed by atoms with Gasteiger partial charge < -0.3 is 19.5 Å². The van der Waals surface area contributed by atoms with E-state index in [0.717, 1.165) is 24.4 Å². The second kappa shape index (κ2) is 10.9. The number of nitrogens with zero attached hydrogens (tertiary/aromatic N) is 3. The average Bonchev–Trinajstić information content (AvgIpc) is 2.93. The first-order valence-corrected chi connectivity index (χ1v) is 12.9. The van der Waals surface area contributed by atoms with E-state index >= 15 is 4.39 Å². The Hall–Kier alpha value is -4.32. The molecular weight excluding hydrogens is 565 g/mol. The number of rotatable bonds is 5. The molecule has 1 aliphatic heterocycles. The molecule has 5 rings (SSSR count). The van der Waals surface area contributed by atoms with Gasteiger partial charge in [-0.2, -0.15) is 13.2 Å². The summed E-state index contributed by atoms with van der Waals surface area (Å²) in [5.74, 6) is -2.70. The van der Waals surface area contributed by atoms with E-state index in [1.54, 1.807) is 11.0 Å². The minimum atomic E-state index is -4.45. The van der Waals surface area contributed by atoms with Gasteiger partial charge in [0.2, 0.25) is 5.43 Å². The van der Waals surface area contributed by atoms with Crippen molar-refractivity contribution in [1.29, 1.82) is 0 Å². The van der Waals surface area contributed by atoms with Crippen LogP contribution in [0.15, 0.2) is 71.7 Å². The van der Waals surface area contributed by atoms with E-state index in [1.807, 2.05) is 4.90 Å². The molecule has 3 aromatic carbocycles. The Morgan fingerprint density at radius 1 is 0.951 bits per heavy atom. The summed E-state index contributed by atoms with van der Waals surface area (Å²) in [7, 11) is 0. The van der Waals surface area contributed by atoms with Crippen LogP contribution in [0.2, 0.25) is 0 Å². The largest absolute Gasteiger partial charge is 0.477 e. The summed E-state index contributed by atoms with van der Waals surface area (Å²) in [5.41, 5.74) is -0.916. The third kappa shape index (κ3) is 5.78. The molecule has 0 bridgehead atoms. The maximum absolute atomic E-state index is 15.4. The maximum Gasteiger partial charge on any atom is 0.416 e. The van der Waals surface area contributed by atoms with Gasteiger partial charge in [0.25, 0.3) is 0 Å². The second-order valence-electron chi connectivity index (χ2n) is 9.59. The van der Waals surface area contributed by atoms with Crippen molar-refractivity contribution >= 4 is 39.8 Å². The number of alkyl halides is 3. The van der Waals surface area contributed by atoms with E-state index < -0.39 is 40.3 Å². The van der Waals surface area contributed by atoms with E-state index in [0.29, 0.717) is 42.4 Å². The molecule has 0 saturated carbocycles. The number of carboxylic acids is 1. The van der Waals surface area contributed by atoms with E-state index in [4.69, 9.17) is 12.2 Å². The maximum atomic E-state index is 15.4. The molecular formula is C29H22F5N3O3S. The number of halogens is 5. The number of thiocarbonyl (C=S) groups is 1. The number of carbonyl (C=O) groups is 1. The van der Waals surface area contributed by atoms with E-state index in [2.05, 4.69) is 0 Å². The standard InChI is InChI=1S/C29H22F5N3O3S/c30-19-4-6-20(7-5-19)37-16-22(28(39)40)27(38)21-14-23(31)25(15-24(21)37)35-8-10-36(11-9-35)26(41)13-17-2-1-3-18(12-17)29(32,33)34/h1-7,12,14-16H,8-11,13H2,(H,39,40). The van der Waals surface area contributed by atoms with Crippen molar-refractivity contribution in [3.05, 3.63) is 105 Å². The third-order valence-corrected chi connectivity index (χ3v) is 7.39. The number of carboxylic acid groups (broad SMARTS) is 1. The minimum absolute atomic E-state index is 0.142. The number of fused-ring (bicyclic) bond motifs is 1. The Labute approximate surface area is 235 Å². The highest BCUT2D eigenvalue weighted by atomic mass is 32.1. The first-order chi connectivity index (χ1) is 19.4. The van der Waals surface area contributed by atoms with Gasteiger partial charge in [0.05, 0.1) is 21.8 Å². The summed E-state index contributed by atoms with van der Waals surface area (Å²) in [6.07, 6.45) is -3.17. The van der Waals surface area contributed by atoms with Gasteiger partial charge in [-0.3, -0.25) is 4.79 Å². The van der Waals surface area contributed by atoms with Crippen molar-refractivity contribution in [3.8, 4) is 5.69 Å². The van der Waals surface area contributed by atoms with Crippen LogP contribution in [0.1, 0.15) is 21.5 Å². The predicted molar refractivity (Wildman–Crippen MR) is 148 cm³/mol. The number of anilines is 1. The quantitative estimate of drug-likeness (QED) is 0.240. The number of piperazine rings is 1. The number of hydrogen-bond donors (Lipinski definition) is 1. The summed E-state index contributed by atoms with van der Waals surface area (Å²) in [5, 5.41) is 9.40. The summed E-state index contributed by atoms with van der Waals surface area (Å²) < 4.78 is 69.5. The number of pyridine rings is 1. The van der Waals surface area contributed by atoms with Crippen LogP contribution in [0, 0.1) is 11.6 Å². The normalized spacial score (nSPS) is 14.0. The summed E-state index contributed by atoms with van der Waals surface area (Å²) in [4.78, 5) is 28.7. The van der Waals surface area contributed by atoms with Gasteiger partial charge in [0, 0.05) is 49.9 Å². The second-order valence-corrected chi connectivity index (χ2v) is 10.1. The van der Waals surface area contributed by atoms with Crippen molar-refractivity contribution < 1.29 is 31.9 Å². The van der Waals surface area contributed by atoms with Crippen LogP contribution < -0.4 is 10.3 Å². The first kappa shape index (κ1) is 28.2. The van der Waals surface area contributed by atoms with Gasteiger partial charge in [-0.1, -0.05) is 30.4 Å². The van der Waals surface area contributed by atoms with Gasteiger partial charge in [0.15, 0.2) is 0 Å². The lowest BCUT2D eigenvalue weighted by atomic mass is 10.1. The lowest BCUT2D eigenvalue weighted by molar-refractivity contribution is -0.137. The zero-order chi connectivity index (χ0) is 29.5. The lowest BCUT2D eigenvalue weighted by Crippen LogP contribution is -2.49. The smallest absolute Gasteiger partial charge is 0.416 e. The van der Waals surface area contributed by atoms with E-state index in [-0.39, 0.29) is 23.0 Å². The lowest BCUT2D eigenvalue weighted by Gasteiger charge is -2.37. The molecule has 0 spiro atoms. The summed E-state index contributed by atoms with van der Waals surface area (Å²) >= 11 is 5.50. The van der Waals surface area contributed by atoms with Gasteiger partial charge >= 0.3 is 12.1 Å². The van der Waals surface area contributed by atoms with Crippen molar-refractivity contribution in [3.63, 3.8) is 0 Å². The number of aromatic nitrogens is 1. The fraction of sp³-hybridized carbons (Fsp3) is 0.207. The Balaban J connectivity index is 1.41. The molecule has 1 N–H and O–H groups in total. The fourth-order valence-electron chi connectivity index (χ4n) is 4.89. The molecule has 0 radical (unpaired) electrons. The van der Waals surface area contributed by atoms with Crippen LogP contribution in [0.4, 0.5) is 27.6 Å². The minimum Gasteiger partial charge on any atom is -0.477 e. The van der Waals surface area contributed by atoms with Gasteiger partial charge in [0.1, 0.15) is 17.2 Å². The molecule has 4 aromatic rings. The Kier molecular flexibility index (Phi) is 7.52. The van der Waals surface area contributed by atoms with Crippen LogP contribution in [-0.2, 0) is 12.6 Å². The Morgan fingerprint density at radius 2 is 1.63 bits per heavy atom. The third-order valence-electron chi connectivity index (χ3n) is 6.99. The molecule has 0 aliphatic carbocycles. The van der Waals surface area contributed by atoms with Gasteiger partial charge in [-0.05, 0) is 48.0 Å². The Bertz CT molecular complexity index is 1710. The zero-order valence-corrected chi connectivity index (χ0v) is 22.1. The van der Waals surface area contributed by atoms with Crippen LogP contribution in [0.5, 0.6) is 0 Å². The van der Waals surface area contributed by atoms with Crippen LogP contribution in [0.25, 0.3) is 16.6 Å². The van der Waals surface area contributed by atoms with Crippen molar-refractivity contribution in [2.45, 2.75) is 12.6 Å². The van der Waals surface area contributed by atoms with Crippen LogP contribution in [0.3, 0.4) is 0 Å². The molecule has 1 aromatic heterocycles. The molecule has 2 heterocycles. The molecule has 41 heavy (non-hydrogen) atoms. The molecule has 0 amide bonds. The number of hydrogen-bond acceptors (Lipinski definition) is 4. The molecule has 12 heteroatoms. The molecule has 0 unspecified atom stereocenters. The van der Waals surface area contributed by atoms with Crippen molar-refractivity contribution in [1.82, 2.24) is 9.47 Å². The van der Waals surface area contributed by atoms with Gasteiger partial charge in [-0.25, -0.2) is 13.6 Å². The molecule has 0 atom stereocenters. The molecule has 212 valence electrons. The molecule has 1 fully saturated rings. The fourth-order valence-corrected chi connectivity index (χ4v) is 5.23. The first-order valence-electron chi connectivity index (χ1n) is 12.5. The summed E-state index contributed by atoms with van der Waals surface area (Å²) in [6, 6.07) is 12.7. The SMILES string of the molecule is O=C(O)c1cn(-c2ccc(F)cc2)c2cc(N3CCN(C(=S)Cc4cccc(C(F)(F)F)c4)CC3)c(F)cc2c1=O. The summed E-state index contributed by atoms with van der Waals surface area (Å²) in [6.45, 7) is 1.44. The highest BCUT2D eigenvalue weighted by Gasteiger charge is 2.30. The average molecular weight is 588 g/mol. The zero-order valence-electron chi connectivity index (χ0n) is 21.3. The van der Waals surface area contributed by atoms with E-state index in [9.17, 15) is 32.3 Å². The van der Waals surface area contributed by atoms with Crippen LogP contribution in [-0.4, -0.2) is 51.7 Å². The van der Waals surface area contributed by atoms with Gasteiger partial charge in [-0.15, -0.1) is 0 Å². The molecule has 6 nitrogen and oxygen atoms in total. The molecule has 1 aliphatic rings. The number of benzene rings is 3. The Morgan fingerprint density at radius 3 is 2.27 bits per heavy atom. The highest BCUT2D eigenvalue weighted by molar-refractivity contribution is 7.80. The highest BCUT2D eigenvalue weighted by Crippen LogP contribution is 2.30. The van der Waals surface area contributed by atoms with Crippen molar-refractivity contribution in [2.75, 3.05) is 31.1 Å². The number of aromatic carboxylic acids is 1. The van der Waals surface area contributed by atoms with Crippen LogP contribution >= 0.6 is 12.2 Å². The van der Waals surface area contributed by atoms with E-state index in [1.165, 1.54) is 41.0 Å². The van der Waals surface area contributed by atoms with Crippen molar-refractivity contribution in [2.24, 2.45) is 0 Å². The molecule has 1 saturated heterocycles. The predicted octanol–water partition coefficient (Wildman–Crippen LogP) is 5.68. The monoisotopic (exact) mass is 587 g/mol. The topological polar surface area (TPSA) is 65.8 Å².